The number of hydrogen-bond acceptors (Lipinski definition) is 0. The van der Waals surface area contributed by atoms with E-state index in [4.69, 9.17) is 0 Å². The molecule has 1 nitrogen and oxygen atoms in total. The van der Waals surface area contributed by atoms with E-state index < -0.39 is 0 Å². The predicted molar refractivity (Wildman–Crippen MR) is 66.3 cm³/mol. The van der Waals surface area contributed by atoms with Gasteiger partial charge in [-0.2, -0.15) is 0 Å². The number of aromatic nitrogens is 1. The van der Waals surface area contributed by atoms with Gasteiger partial charge >= 0.3 is 0 Å². The fraction of sp³-hybridized carbons (Fsp3) is 0.429. The molecule has 0 radical (unpaired) electrons. The van der Waals surface area contributed by atoms with E-state index in [9.17, 15) is 0 Å². The molecule has 1 aromatic heterocycles. The van der Waals surface area contributed by atoms with Crippen molar-refractivity contribution in [1.29, 1.82) is 0 Å². The first-order chi connectivity index (χ1) is 7.22. The molecule has 2 rings (SSSR count). The maximum atomic E-state index is 2.39. The van der Waals surface area contributed by atoms with Crippen LogP contribution in [0.3, 0.4) is 0 Å². The highest BCUT2D eigenvalue weighted by Gasteiger charge is 2.06. The van der Waals surface area contributed by atoms with E-state index in [0.29, 0.717) is 6.04 Å². The van der Waals surface area contributed by atoms with Gasteiger partial charge in [0.15, 0.2) is 0 Å². The van der Waals surface area contributed by atoms with Gasteiger partial charge in [-0.1, -0.05) is 25.0 Å². The summed E-state index contributed by atoms with van der Waals surface area (Å²) in [5.41, 5.74) is 2.70. The lowest BCUT2D eigenvalue weighted by Gasteiger charge is -2.14. The molecule has 1 unspecified atom stereocenters. The third kappa shape index (κ3) is 1.92. The number of rotatable bonds is 3. The van der Waals surface area contributed by atoms with E-state index in [-0.39, 0.29) is 0 Å². The van der Waals surface area contributed by atoms with Gasteiger partial charge in [0.2, 0.25) is 0 Å². The largest absolute Gasteiger partial charge is 0.345 e. The first-order valence-corrected chi connectivity index (χ1v) is 5.79. The second kappa shape index (κ2) is 4.09. The van der Waals surface area contributed by atoms with Gasteiger partial charge in [-0.15, -0.1) is 0 Å². The van der Waals surface area contributed by atoms with Gasteiger partial charge in [0.1, 0.15) is 0 Å². The van der Waals surface area contributed by atoms with Gasteiger partial charge in [-0.3, -0.25) is 0 Å². The van der Waals surface area contributed by atoms with Crippen LogP contribution in [0.5, 0.6) is 0 Å². The average Bonchev–Trinajstić information content (AvgIpc) is 2.60. The Hall–Kier alpha value is -1.24. The minimum absolute atomic E-state index is 0.607. The Bertz CT molecular complexity index is 453. The molecule has 0 fully saturated rings. The molecule has 0 bridgehead atoms. The number of hydrogen-bond donors (Lipinski definition) is 0. The van der Waals surface area contributed by atoms with E-state index >= 15 is 0 Å². The third-order valence-corrected chi connectivity index (χ3v) is 3.06. The maximum Gasteiger partial charge on any atom is 0.0482 e. The minimum atomic E-state index is 0.607. The Labute approximate surface area is 91.7 Å². The first kappa shape index (κ1) is 10.3. The summed E-state index contributed by atoms with van der Waals surface area (Å²) in [5, 5.41) is 1.36. The van der Waals surface area contributed by atoms with Gasteiger partial charge in [0.25, 0.3) is 0 Å². The normalized spacial score (nSPS) is 13.3. The van der Waals surface area contributed by atoms with Crippen LogP contribution in [0.15, 0.2) is 30.5 Å². The zero-order valence-electron chi connectivity index (χ0n) is 9.83. The van der Waals surface area contributed by atoms with Gasteiger partial charge in [-0.05, 0) is 43.9 Å². The molecule has 0 saturated carbocycles. The molecule has 2 aromatic rings. The summed E-state index contributed by atoms with van der Waals surface area (Å²) in [4.78, 5) is 0. The topological polar surface area (TPSA) is 4.93 Å². The van der Waals surface area contributed by atoms with Crippen molar-refractivity contribution in [1.82, 2.24) is 4.57 Å². The van der Waals surface area contributed by atoms with Crippen molar-refractivity contribution in [3.63, 3.8) is 0 Å². The van der Waals surface area contributed by atoms with Gasteiger partial charge in [0.05, 0.1) is 0 Å². The Morgan fingerprint density at radius 2 is 2.07 bits per heavy atom. The Balaban J connectivity index is 2.44. The molecule has 0 aliphatic heterocycles. The third-order valence-electron chi connectivity index (χ3n) is 3.06. The molecule has 0 N–H and O–H groups in total. The molecule has 0 aliphatic carbocycles. The van der Waals surface area contributed by atoms with Crippen LogP contribution in [0, 0.1) is 6.92 Å². The quantitative estimate of drug-likeness (QED) is 0.697. The second-order valence-electron chi connectivity index (χ2n) is 4.42. The van der Waals surface area contributed by atoms with E-state index in [1.54, 1.807) is 0 Å². The summed E-state index contributed by atoms with van der Waals surface area (Å²) >= 11 is 0. The summed E-state index contributed by atoms with van der Waals surface area (Å²) < 4.78 is 2.39. The SMILES string of the molecule is CCCC(C)n1ccc2cc(C)ccc21. The highest BCUT2D eigenvalue weighted by molar-refractivity contribution is 5.80. The van der Waals surface area contributed by atoms with Crippen LogP contribution in [-0.4, -0.2) is 4.57 Å². The van der Waals surface area contributed by atoms with E-state index in [1.807, 2.05) is 0 Å². The van der Waals surface area contributed by atoms with Gasteiger partial charge in [0, 0.05) is 17.8 Å². The molecule has 1 heteroatoms. The van der Waals surface area contributed by atoms with Crippen LogP contribution < -0.4 is 0 Å². The van der Waals surface area contributed by atoms with Crippen molar-refractivity contribution in [2.24, 2.45) is 0 Å². The Morgan fingerprint density at radius 3 is 2.80 bits per heavy atom. The molecular weight excluding hydrogens is 182 g/mol. The Morgan fingerprint density at radius 1 is 1.27 bits per heavy atom. The van der Waals surface area contributed by atoms with Crippen molar-refractivity contribution in [3.8, 4) is 0 Å². The number of aryl methyl sites for hydroxylation is 1. The standard InChI is InChI=1S/C14H19N/c1-4-5-12(3)15-9-8-13-10-11(2)6-7-14(13)15/h6-10,12H,4-5H2,1-3H3. The summed E-state index contributed by atoms with van der Waals surface area (Å²) in [5.74, 6) is 0. The monoisotopic (exact) mass is 201 g/mol. The molecule has 0 aliphatic rings. The van der Waals surface area contributed by atoms with Crippen molar-refractivity contribution >= 4 is 10.9 Å². The van der Waals surface area contributed by atoms with Crippen molar-refractivity contribution in [2.45, 2.75) is 39.7 Å². The van der Waals surface area contributed by atoms with E-state index in [2.05, 4.69) is 55.8 Å². The van der Waals surface area contributed by atoms with Crippen LogP contribution >= 0.6 is 0 Å². The van der Waals surface area contributed by atoms with E-state index in [0.717, 1.165) is 0 Å². The fourth-order valence-electron chi connectivity index (χ4n) is 2.22. The summed E-state index contributed by atoms with van der Waals surface area (Å²) in [6.07, 6.45) is 4.70. The van der Waals surface area contributed by atoms with Crippen LogP contribution in [-0.2, 0) is 0 Å². The molecule has 0 spiro atoms. The lowest BCUT2D eigenvalue weighted by Crippen LogP contribution is -2.02. The highest BCUT2D eigenvalue weighted by Crippen LogP contribution is 2.23. The molecule has 0 saturated heterocycles. The van der Waals surface area contributed by atoms with Crippen molar-refractivity contribution in [3.05, 3.63) is 36.0 Å². The first-order valence-electron chi connectivity index (χ1n) is 5.79. The lowest BCUT2D eigenvalue weighted by atomic mass is 10.1. The smallest absolute Gasteiger partial charge is 0.0482 e. The van der Waals surface area contributed by atoms with Crippen LogP contribution in [0.2, 0.25) is 0 Å². The molecule has 0 amide bonds. The summed E-state index contributed by atoms with van der Waals surface area (Å²) in [7, 11) is 0. The number of nitrogens with zero attached hydrogens (tertiary/aromatic N) is 1. The second-order valence-corrected chi connectivity index (χ2v) is 4.42. The molecule has 1 heterocycles. The number of fused-ring (bicyclic) bond motifs is 1. The molecular formula is C14H19N. The Kier molecular flexibility index (Phi) is 2.81. The zero-order chi connectivity index (χ0) is 10.8. The van der Waals surface area contributed by atoms with Crippen LogP contribution in [0.1, 0.15) is 38.3 Å². The fourth-order valence-corrected chi connectivity index (χ4v) is 2.22. The minimum Gasteiger partial charge on any atom is -0.345 e. The van der Waals surface area contributed by atoms with Crippen LogP contribution in [0.4, 0.5) is 0 Å². The van der Waals surface area contributed by atoms with E-state index in [1.165, 1.54) is 29.3 Å². The molecule has 15 heavy (non-hydrogen) atoms. The molecule has 1 atom stereocenters. The van der Waals surface area contributed by atoms with Crippen LogP contribution in [0.25, 0.3) is 10.9 Å². The lowest BCUT2D eigenvalue weighted by molar-refractivity contribution is 0.515. The number of benzene rings is 1. The van der Waals surface area contributed by atoms with Gasteiger partial charge in [-0.25, -0.2) is 0 Å². The summed E-state index contributed by atoms with van der Waals surface area (Å²) in [6, 6.07) is 9.50. The molecule has 1 aromatic carbocycles. The van der Waals surface area contributed by atoms with Gasteiger partial charge < -0.3 is 4.57 Å². The van der Waals surface area contributed by atoms with Crippen molar-refractivity contribution < 1.29 is 0 Å². The predicted octanol–water partition coefficient (Wildman–Crippen LogP) is 4.31. The zero-order valence-corrected chi connectivity index (χ0v) is 9.83. The summed E-state index contributed by atoms with van der Waals surface area (Å²) in [6.45, 7) is 6.68. The van der Waals surface area contributed by atoms with Crippen molar-refractivity contribution in [2.75, 3.05) is 0 Å². The average molecular weight is 201 g/mol. The highest BCUT2D eigenvalue weighted by atomic mass is 15.0. The molecule has 80 valence electrons. The maximum absolute atomic E-state index is 2.39.